The maximum atomic E-state index is 12.4. The van der Waals surface area contributed by atoms with Gasteiger partial charge < -0.3 is 24.8 Å². The Kier molecular flexibility index (Phi) is 16.4. The fourth-order valence-corrected chi connectivity index (χ4v) is 3.91. The van der Waals surface area contributed by atoms with Crippen LogP contribution in [0.15, 0.2) is 4.99 Å². The number of rotatable bonds is 11. The van der Waals surface area contributed by atoms with Crippen molar-refractivity contribution >= 4 is 36.0 Å². The molecule has 32 heavy (non-hydrogen) atoms. The first-order valence-corrected chi connectivity index (χ1v) is 12.2. The standard InChI is InChI=1S/C24H49N5O2.HI/c1-8-28(23(30)31-24(2,3)4)20-21-14-18-29(19-15-21)22(25-5)26-16-12-10-9-11-13-17-27(6)7;/h21H,8-20H2,1-7H3,(H,25,26);1H. The number of guanidine groups is 1. The molecule has 0 spiro atoms. The van der Waals surface area contributed by atoms with Crippen molar-refractivity contribution in [2.45, 2.75) is 78.2 Å². The molecule has 1 aliphatic heterocycles. The molecular formula is C24H50IN5O2. The van der Waals surface area contributed by atoms with E-state index in [4.69, 9.17) is 4.74 Å². The first-order chi connectivity index (χ1) is 14.7. The molecular weight excluding hydrogens is 517 g/mol. The van der Waals surface area contributed by atoms with E-state index in [1.807, 2.05) is 39.6 Å². The zero-order chi connectivity index (χ0) is 23.3. The van der Waals surface area contributed by atoms with Crippen LogP contribution in [-0.2, 0) is 4.74 Å². The summed E-state index contributed by atoms with van der Waals surface area (Å²) in [5, 5.41) is 3.54. The second-order valence-electron chi connectivity index (χ2n) is 9.99. The minimum absolute atomic E-state index is 0. The molecule has 1 amide bonds. The van der Waals surface area contributed by atoms with Crippen LogP contribution in [0, 0.1) is 5.92 Å². The fourth-order valence-electron chi connectivity index (χ4n) is 3.91. The highest BCUT2D eigenvalue weighted by Crippen LogP contribution is 2.20. The van der Waals surface area contributed by atoms with E-state index >= 15 is 0 Å². The zero-order valence-corrected chi connectivity index (χ0v) is 24.1. The topological polar surface area (TPSA) is 60.4 Å². The predicted molar refractivity (Wildman–Crippen MR) is 146 cm³/mol. The number of aliphatic imine (C=N–C) groups is 1. The summed E-state index contributed by atoms with van der Waals surface area (Å²) in [6.07, 6.45) is 8.34. The van der Waals surface area contributed by atoms with Crippen LogP contribution in [-0.4, -0.2) is 92.8 Å². The van der Waals surface area contributed by atoms with Crippen molar-refractivity contribution < 1.29 is 9.53 Å². The van der Waals surface area contributed by atoms with E-state index in [1.54, 1.807) is 0 Å². The lowest BCUT2D eigenvalue weighted by atomic mass is 9.96. The van der Waals surface area contributed by atoms with E-state index in [2.05, 4.69) is 34.2 Å². The van der Waals surface area contributed by atoms with Crippen LogP contribution in [0.3, 0.4) is 0 Å². The van der Waals surface area contributed by atoms with E-state index in [-0.39, 0.29) is 30.1 Å². The van der Waals surface area contributed by atoms with Gasteiger partial charge in [-0.1, -0.05) is 19.3 Å². The highest BCUT2D eigenvalue weighted by molar-refractivity contribution is 14.0. The van der Waals surface area contributed by atoms with Crippen molar-refractivity contribution in [1.82, 2.24) is 20.0 Å². The summed E-state index contributed by atoms with van der Waals surface area (Å²) in [4.78, 5) is 23.4. The van der Waals surface area contributed by atoms with Crippen molar-refractivity contribution in [3.8, 4) is 0 Å². The Morgan fingerprint density at radius 1 is 1.09 bits per heavy atom. The van der Waals surface area contributed by atoms with Crippen LogP contribution in [0.2, 0.25) is 0 Å². The van der Waals surface area contributed by atoms with Crippen molar-refractivity contribution in [2.75, 3.05) is 60.4 Å². The number of piperidine rings is 1. The number of amides is 1. The number of carbonyl (C=O) groups is 1. The van der Waals surface area contributed by atoms with Gasteiger partial charge in [0.15, 0.2) is 5.96 Å². The lowest BCUT2D eigenvalue weighted by molar-refractivity contribution is 0.0214. The number of hydrogen-bond acceptors (Lipinski definition) is 4. The quantitative estimate of drug-likeness (QED) is 0.170. The van der Waals surface area contributed by atoms with Gasteiger partial charge in [0, 0.05) is 39.8 Å². The fraction of sp³-hybridized carbons (Fsp3) is 0.917. The molecule has 8 heteroatoms. The Morgan fingerprint density at radius 3 is 2.22 bits per heavy atom. The van der Waals surface area contributed by atoms with Crippen molar-refractivity contribution in [2.24, 2.45) is 10.9 Å². The molecule has 0 aromatic rings. The molecule has 0 aromatic heterocycles. The Bertz CT molecular complexity index is 529. The first-order valence-electron chi connectivity index (χ1n) is 12.2. The molecule has 1 aliphatic rings. The van der Waals surface area contributed by atoms with Gasteiger partial charge in [0.05, 0.1) is 0 Å². The SMILES string of the molecule is CCN(CC1CCN(C(=NC)NCCCCCCCN(C)C)CC1)C(=O)OC(C)(C)C.I. The maximum Gasteiger partial charge on any atom is 0.410 e. The van der Waals surface area contributed by atoms with E-state index in [0.29, 0.717) is 12.5 Å². The summed E-state index contributed by atoms with van der Waals surface area (Å²) >= 11 is 0. The molecule has 0 unspecified atom stereocenters. The molecule has 0 saturated carbocycles. The van der Waals surface area contributed by atoms with Crippen molar-refractivity contribution in [3.63, 3.8) is 0 Å². The minimum Gasteiger partial charge on any atom is -0.444 e. The summed E-state index contributed by atoms with van der Waals surface area (Å²) in [6.45, 7) is 13.4. The van der Waals surface area contributed by atoms with Gasteiger partial charge in [-0.15, -0.1) is 24.0 Å². The van der Waals surface area contributed by atoms with Crippen molar-refractivity contribution in [1.29, 1.82) is 0 Å². The van der Waals surface area contributed by atoms with E-state index in [9.17, 15) is 4.79 Å². The predicted octanol–water partition coefficient (Wildman–Crippen LogP) is 4.66. The van der Waals surface area contributed by atoms with E-state index in [0.717, 1.165) is 45.0 Å². The average molecular weight is 568 g/mol. The Balaban J connectivity index is 0.00000961. The Hall–Kier alpha value is -0.770. The van der Waals surface area contributed by atoms with E-state index in [1.165, 1.54) is 38.6 Å². The van der Waals surface area contributed by atoms with Crippen LogP contribution in [0.4, 0.5) is 4.79 Å². The van der Waals surface area contributed by atoms with Gasteiger partial charge in [-0.05, 0) is 79.9 Å². The number of halogens is 1. The normalized spacial score (nSPS) is 15.5. The molecule has 190 valence electrons. The monoisotopic (exact) mass is 567 g/mol. The maximum absolute atomic E-state index is 12.4. The minimum atomic E-state index is -0.446. The van der Waals surface area contributed by atoms with Crippen molar-refractivity contribution in [3.05, 3.63) is 0 Å². The highest BCUT2D eigenvalue weighted by atomic mass is 127. The molecule has 1 fully saturated rings. The number of nitrogens with zero attached hydrogens (tertiary/aromatic N) is 4. The molecule has 0 aliphatic carbocycles. The summed E-state index contributed by atoms with van der Waals surface area (Å²) in [7, 11) is 6.15. The number of likely N-dealkylation sites (tertiary alicyclic amines) is 1. The molecule has 0 bridgehead atoms. The molecule has 0 radical (unpaired) electrons. The molecule has 0 aromatic carbocycles. The van der Waals surface area contributed by atoms with Crippen LogP contribution >= 0.6 is 24.0 Å². The van der Waals surface area contributed by atoms with E-state index < -0.39 is 5.60 Å². The summed E-state index contributed by atoms with van der Waals surface area (Å²) in [5.74, 6) is 1.54. The smallest absolute Gasteiger partial charge is 0.410 e. The number of nitrogens with one attached hydrogen (secondary N) is 1. The summed E-state index contributed by atoms with van der Waals surface area (Å²) in [5.41, 5.74) is -0.446. The zero-order valence-electron chi connectivity index (χ0n) is 21.8. The van der Waals surface area contributed by atoms with Crippen LogP contribution in [0.5, 0.6) is 0 Å². The lowest BCUT2D eigenvalue weighted by Crippen LogP contribution is -2.48. The molecule has 1 heterocycles. The molecule has 1 N–H and O–H groups in total. The number of ether oxygens (including phenoxy) is 1. The summed E-state index contributed by atoms with van der Waals surface area (Å²) < 4.78 is 5.55. The Labute approximate surface area is 214 Å². The number of carbonyl (C=O) groups excluding carboxylic acids is 1. The van der Waals surface area contributed by atoms with Gasteiger partial charge in [0.2, 0.25) is 0 Å². The number of unbranched alkanes of at least 4 members (excludes halogenated alkanes) is 4. The van der Waals surface area contributed by atoms with Gasteiger partial charge in [-0.25, -0.2) is 4.79 Å². The van der Waals surface area contributed by atoms with Gasteiger partial charge >= 0.3 is 6.09 Å². The van der Waals surface area contributed by atoms with Crippen LogP contribution < -0.4 is 5.32 Å². The van der Waals surface area contributed by atoms with Crippen LogP contribution in [0.1, 0.15) is 72.6 Å². The third-order valence-electron chi connectivity index (χ3n) is 5.70. The second-order valence-corrected chi connectivity index (χ2v) is 9.99. The van der Waals surface area contributed by atoms with Gasteiger partial charge in [0.1, 0.15) is 5.60 Å². The van der Waals surface area contributed by atoms with Crippen LogP contribution in [0.25, 0.3) is 0 Å². The average Bonchev–Trinajstić information content (AvgIpc) is 2.70. The Morgan fingerprint density at radius 2 is 1.69 bits per heavy atom. The third kappa shape index (κ3) is 13.7. The van der Waals surface area contributed by atoms with Gasteiger partial charge in [-0.3, -0.25) is 4.99 Å². The highest BCUT2D eigenvalue weighted by Gasteiger charge is 2.27. The van der Waals surface area contributed by atoms with Gasteiger partial charge in [0.25, 0.3) is 0 Å². The molecule has 7 nitrogen and oxygen atoms in total. The second kappa shape index (κ2) is 16.8. The third-order valence-corrected chi connectivity index (χ3v) is 5.70. The lowest BCUT2D eigenvalue weighted by Gasteiger charge is -2.36. The number of hydrogen-bond donors (Lipinski definition) is 1. The first kappa shape index (κ1) is 31.2. The largest absolute Gasteiger partial charge is 0.444 e. The van der Waals surface area contributed by atoms with Gasteiger partial charge in [-0.2, -0.15) is 0 Å². The summed E-state index contributed by atoms with van der Waals surface area (Å²) in [6, 6.07) is 0. The molecule has 1 rings (SSSR count). The molecule has 1 saturated heterocycles. The molecule has 0 atom stereocenters.